The minimum atomic E-state index is -4.09. The first kappa shape index (κ1) is 26.9. The Hall–Kier alpha value is -3.72. The van der Waals surface area contributed by atoms with Crippen LogP contribution in [-0.2, 0) is 21.2 Å². The first-order chi connectivity index (χ1) is 17.3. The average molecular weight is 513 g/mol. The van der Waals surface area contributed by atoms with Crippen LogP contribution in [-0.4, -0.2) is 48.7 Å². The molecule has 0 saturated carbocycles. The van der Waals surface area contributed by atoms with E-state index in [4.69, 9.17) is 14.2 Å². The summed E-state index contributed by atoms with van der Waals surface area (Å²) < 4.78 is 44.5. The van der Waals surface area contributed by atoms with Crippen molar-refractivity contribution in [2.24, 2.45) is 0 Å². The van der Waals surface area contributed by atoms with Crippen LogP contribution in [0.1, 0.15) is 17.5 Å². The molecule has 0 atom stereocenters. The van der Waals surface area contributed by atoms with Gasteiger partial charge in [0.05, 0.1) is 31.9 Å². The number of nitrogens with zero attached hydrogens (tertiary/aromatic N) is 1. The molecule has 0 saturated heterocycles. The highest BCUT2D eigenvalue weighted by Crippen LogP contribution is 2.35. The maximum Gasteiger partial charge on any atom is 0.264 e. The van der Waals surface area contributed by atoms with Crippen LogP contribution in [0.15, 0.2) is 71.6 Å². The van der Waals surface area contributed by atoms with Gasteiger partial charge < -0.3 is 19.5 Å². The molecule has 36 heavy (non-hydrogen) atoms. The molecule has 3 aromatic rings. The number of carbonyl (C=O) groups is 1. The second-order valence-electron chi connectivity index (χ2n) is 8.13. The zero-order valence-electron chi connectivity index (χ0n) is 21.0. The fourth-order valence-electron chi connectivity index (χ4n) is 3.73. The Bertz CT molecular complexity index is 1280. The van der Waals surface area contributed by atoms with Gasteiger partial charge in [0.2, 0.25) is 5.91 Å². The Morgan fingerprint density at radius 3 is 2.25 bits per heavy atom. The number of amides is 1. The Morgan fingerprint density at radius 1 is 0.889 bits per heavy atom. The molecule has 0 heterocycles. The number of sulfonamides is 1. The third-order valence-electron chi connectivity index (χ3n) is 5.69. The van der Waals surface area contributed by atoms with Crippen molar-refractivity contribution in [2.75, 3.05) is 38.7 Å². The summed E-state index contributed by atoms with van der Waals surface area (Å²) in [5.74, 6) is 1.10. The molecule has 0 unspecified atom stereocenters. The molecular formula is C27H32N2O6S. The lowest BCUT2D eigenvalue weighted by atomic mass is 10.1. The third-order valence-corrected chi connectivity index (χ3v) is 7.46. The van der Waals surface area contributed by atoms with Crippen LogP contribution in [0.4, 0.5) is 5.69 Å². The van der Waals surface area contributed by atoms with Crippen molar-refractivity contribution in [1.29, 1.82) is 0 Å². The minimum Gasteiger partial charge on any atom is -0.497 e. The van der Waals surface area contributed by atoms with Gasteiger partial charge in [0.1, 0.15) is 23.8 Å². The van der Waals surface area contributed by atoms with Gasteiger partial charge >= 0.3 is 0 Å². The number of hydrogen-bond donors (Lipinski definition) is 1. The molecule has 0 aliphatic rings. The molecule has 1 amide bonds. The number of ether oxygens (including phenoxy) is 3. The van der Waals surface area contributed by atoms with E-state index in [9.17, 15) is 13.2 Å². The number of carbonyl (C=O) groups excluding carboxylic acids is 1. The van der Waals surface area contributed by atoms with Gasteiger partial charge in [-0.2, -0.15) is 0 Å². The summed E-state index contributed by atoms with van der Waals surface area (Å²) >= 11 is 0. The van der Waals surface area contributed by atoms with Crippen molar-refractivity contribution in [1.82, 2.24) is 5.32 Å². The van der Waals surface area contributed by atoms with E-state index in [-0.39, 0.29) is 10.6 Å². The molecule has 0 aliphatic carbocycles. The molecule has 9 heteroatoms. The molecule has 8 nitrogen and oxygen atoms in total. The quantitative estimate of drug-likeness (QED) is 0.369. The van der Waals surface area contributed by atoms with Gasteiger partial charge in [-0.25, -0.2) is 8.42 Å². The monoisotopic (exact) mass is 512 g/mol. The summed E-state index contributed by atoms with van der Waals surface area (Å²) in [5, 5.41) is 2.83. The van der Waals surface area contributed by atoms with Gasteiger partial charge in [0, 0.05) is 12.6 Å². The third kappa shape index (κ3) is 6.48. The average Bonchev–Trinajstić information content (AvgIpc) is 2.89. The molecule has 1 N–H and O–H groups in total. The molecule has 3 rings (SSSR count). The molecule has 0 bridgehead atoms. The highest BCUT2D eigenvalue weighted by molar-refractivity contribution is 7.92. The SMILES string of the molecule is COc1ccc(OC)c(N(CC(=O)NCCCc2ccccc2OC)S(=O)(=O)c2ccc(C)cc2)c1. The normalized spacial score (nSPS) is 11.0. The number of rotatable bonds is 12. The molecule has 0 spiro atoms. The van der Waals surface area contributed by atoms with Crippen LogP contribution in [0.3, 0.4) is 0 Å². The predicted molar refractivity (Wildman–Crippen MR) is 140 cm³/mol. The summed E-state index contributed by atoms with van der Waals surface area (Å²) in [6.45, 7) is 1.83. The summed E-state index contributed by atoms with van der Waals surface area (Å²) in [6.07, 6.45) is 1.37. The van der Waals surface area contributed by atoms with Crippen molar-refractivity contribution in [3.8, 4) is 17.2 Å². The van der Waals surface area contributed by atoms with E-state index in [1.807, 2.05) is 31.2 Å². The zero-order chi connectivity index (χ0) is 26.1. The first-order valence-electron chi connectivity index (χ1n) is 11.5. The standard InChI is InChI=1S/C27H32N2O6S/c1-20-11-14-23(15-12-20)36(31,32)29(24-18-22(33-2)13-16-26(24)35-4)19-27(30)28-17-7-9-21-8-5-6-10-25(21)34-3/h5-6,8,10-16,18H,7,9,17,19H2,1-4H3,(H,28,30). The van der Waals surface area contributed by atoms with Gasteiger partial charge in [-0.1, -0.05) is 35.9 Å². The maximum atomic E-state index is 13.7. The molecule has 0 radical (unpaired) electrons. The van der Waals surface area contributed by atoms with E-state index >= 15 is 0 Å². The molecule has 3 aromatic carbocycles. The van der Waals surface area contributed by atoms with Crippen molar-refractivity contribution in [3.05, 3.63) is 77.9 Å². The zero-order valence-corrected chi connectivity index (χ0v) is 21.8. The number of nitrogens with one attached hydrogen (secondary N) is 1. The number of hydrogen-bond acceptors (Lipinski definition) is 6. The number of benzene rings is 3. The lowest BCUT2D eigenvalue weighted by Gasteiger charge is -2.26. The summed E-state index contributed by atoms with van der Waals surface area (Å²) in [4.78, 5) is 13.0. The highest BCUT2D eigenvalue weighted by atomic mass is 32.2. The van der Waals surface area contributed by atoms with E-state index < -0.39 is 22.5 Å². The lowest BCUT2D eigenvalue weighted by molar-refractivity contribution is -0.119. The van der Waals surface area contributed by atoms with Crippen LogP contribution in [0.25, 0.3) is 0 Å². The maximum absolute atomic E-state index is 13.7. The van der Waals surface area contributed by atoms with Crippen LogP contribution in [0, 0.1) is 6.92 Å². The van der Waals surface area contributed by atoms with Crippen molar-refractivity contribution in [2.45, 2.75) is 24.7 Å². The van der Waals surface area contributed by atoms with Crippen LogP contribution >= 0.6 is 0 Å². The van der Waals surface area contributed by atoms with Crippen molar-refractivity contribution >= 4 is 21.6 Å². The number of para-hydroxylation sites is 1. The Balaban J connectivity index is 1.81. The summed E-state index contributed by atoms with van der Waals surface area (Å²) in [6, 6.07) is 19.0. The number of aryl methyl sites for hydroxylation is 2. The Morgan fingerprint density at radius 2 is 1.58 bits per heavy atom. The second kappa shape index (κ2) is 12.3. The topological polar surface area (TPSA) is 94.2 Å². The van der Waals surface area contributed by atoms with Gasteiger partial charge in [0.15, 0.2) is 0 Å². The first-order valence-corrected chi connectivity index (χ1v) is 12.9. The van der Waals surface area contributed by atoms with Crippen molar-refractivity contribution < 1.29 is 27.4 Å². The highest BCUT2D eigenvalue weighted by Gasteiger charge is 2.30. The molecule has 192 valence electrons. The largest absolute Gasteiger partial charge is 0.497 e. The van der Waals surface area contributed by atoms with Gasteiger partial charge in [-0.15, -0.1) is 0 Å². The summed E-state index contributed by atoms with van der Waals surface area (Å²) in [5.41, 5.74) is 2.17. The van der Waals surface area contributed by atoms with Gasteiger partial charge in [-0.05, 0) is 55.7 Å². The second-order valence-corrected chi connectivity index (χ2v) is 9.99. The van der Waals surface area contributed by atoms with E-state index in [0.717, 1.165) is 21.2 Å². The van der Waals surface area contributed by atoms with Crippen LogP contribution in [0.5, 0.6) is 17.2 Å². The Kier molecular flexibility index (Phi) is 9.19. The number of methoxy groups -OCH3 is 3. The van der Waals surface area contributed by atoms with E-state index in [1.54, 1.807) is 37.4 Å². The van der Waals surface area contributed by atoms with E-state index in [2.05, 4.69) is 5.32 Å². The number of anilines is 1. The predicted octanol–water partition coefficient (Wildman–Crippen LogP) is 3.97. The molecule has 0 fully saturated rings. The van der Waals surface area contributed by atoms with E-state index in [1.165, 1.54) is 26.4 Å². The van der Waals surface area contributed by atoms with E-state index in [0.29, 0.717) is 30.9 Å². The van der Waals surface area contributed by atoms with Gasteiger partial charge in [0.25, 0.3) is 10.0 Å². The van der Waals surface area contributed by atoms with Gasteiger partial charge in [-0.3, -0.25) is 9.10 Å². The van der Waals surface area contributed by atoms with Crippen molar-refractivity contribution in [3.63, 3.8) is 0 Å². The molecule has 0 aliphatic heterocycles. The fraction of sp³-hybridized carbons (Fsp3) is 0.296. The smallest absolute Gasteiger partial charge is 0.264 e. The molecule has 0 aromatic heterocycles. The molecular weight excluding hydrogens is 480 g/mol. The minimum absolute atomic E-state index is 0.0712. The van der Waals surface area contributed by atoms with Crippen LogP contribution < -0.4 is 23.8 Å². The van der Waals surface area contributed by atoms with Crippen LogP contribution in [0.2, 0.25) is 0 Å². The Labute approximate surface area is 212 Å². The lowest BCUT2D eigenvalue weighted by Crippen LogP contribution is -2.41. The fourth-order valence-corrected chi connectivity index (χ4v) is 5.15. The summed E-state index contributed by atoms with van der Waals surface area (Å²) in [7, 11) is 0.465.